The highest BCUT2D eigenvalue weighted by Gasteiger charge is 2.68. The van der Waals surface area contributed by atoms with E-state index in [1.165, 1.54) is 5.57 Å². The van der Waals surface area contributed by atoms with E-state index >= 15 is 0 Å². The third kappa shape index (κ3) is 5.61. The fourth-order valence-electron chi connectivity index (χ4n) is 11.1. The van der Waals surface area contributed by atoms with Crippen LogP contribution >= 0.6 is 0 Å². The molecule has 0 spiro atoms. The maximum absolute atomic E-state index is 13.7. The van der Waals surface area contributed by atoms with Crippen molar-refractivity contribution in [2.24, 2.45) is 45.3 Å². The van der Waals surface area contributed by atoms with Gasteiger partial charge in [0.05, 0.1) is 17.4 Å². The monoisotopic (exact) mass is 641 g/mol. The molecule has 4 saturated carbocycles. The van der Waals surface area contributed by atoms with E-state index in [4.69, 9.17) is 9.47 Å². The number of carbonyl (C=O) groups is 4. The minimum atomic E-state index is -1.14. The molecule has 8 atom stereocenters. The SMILES string of the molecule is CC(C)C1=C2[C@H]3CC[C@@H]4[C@@]5(C)CC[C@H](OC(=O)CC(C)(C)C(=O)O)C[C@@H]5CC[C@@]4(C)[C@]3(C)CC[C@@]2(NC(=O)OC(C)(C)C)CC1=O. The number of Topliss-reactive ketones (excluding diaryl/α,β-unsaturated/α-hetero) is 1. The van der Waals surface area contributed by atoms with Gasteiger partial charge in [0, 0.05) is 6.42 Å². The highest BCUT2D eigenvalue weighted by molar-refractivity contribution is 6.02. The van der Waals surface area contributed by atoms with Gasteiger partial charge in [-0.15, -0.1) is 0 Å². The van der Waals surface area contributed by atoms with Crippen LogP contribution in [0.2, 0.25) is 0 Å². The van der Waals surface area contributed by atoms with Crippen LogP contribution in [0.4, 0.5) is 4.79 Å². The highest BCUT2D eigenvalue weighted by atomic mass is 16.6. The van der Waals surface area contributed by atoms with Crippen LogP contribution in [0.5, 0.6) is 0 Å². The summed E-state index contributed by atoms with van der Waals surface area (Å²) in [6, 6.07) is 0. The topological polar surface area (TPSA) is 119 Å². The molecular formula is C38H59NO7. The van der Waals surface area contributed by atoms with Gasteiger partial charge in [-0.1, -0.05) is 34.6 Å². The Kier molecular flexibility index (Phi) is 8.63. The van der Waals surface area contributed by atoms with Gasteiger partial charge in [-0.2, -0.15) is 0 Å². The first kappa shape index (κ1) is 34.9. The molecule has 0 aromatic heterocycles. The molecule has 258 valence electrons. The van der Waals surface area contributed by atoms with Crippen molar-refractivity contribution in [2.75, 3.05) is 0 Å². The van der Waals surface area contributed by atoms with Gasteiger partial charge >= 0.3 is 18.0 Å². The number of rotatable bonds is 6. The number of esters is 1. The average molecular weight is 642 g/mol. The molecule has 46 heavy (non-hydrogen) atoms. The lowest BCUT2D eigenvalue weighted by Gasteiger charge is -2.70. The lowest BCUT2D eigenvalue weighted by molar-refractivity contribution is -0.202. The maximum atomic E-state index is 13.7. The fraction of sp³-hybridized carbons (Fsp3) is 0.842. The number of carboxylic acid groups (broad SMARTS) is 1. The summed E-state index contributed by atoms with van der Waals surface area (Å²) in [6.07, 6.45) is 8.14. The molecule has 1 amide bonds. The Bertz CT molecular complexity index is 1320. The lowest BCUT2D eigenvalue weighted by atomic mass is 9.35. The van der Waals surface area contributed by atoms with Crippen molar-refractivity contribution in [1.82, 2.24) is 5.32 Å². The molecule has 4 fully saturated rings. The van der Waals surface area contributed by atoms with Crippen LogP contribution in [0.1, 0.15) is 140 Å². The van der Waals surface area contributed by atoms with E-state index < -0.39 is 34.6 Å². The molecule has 8 heteroatoms. The molecule has 5 rings (SSSR count). The molecule has 2 N–H and O–H groups in total. The van der Waals surface area contributed by atoms with Crippen LogP contribution < -0.4 is 5.32 Å². The minimum Gasteiger partial charge on any atom is -0.481 e. The summed E-state index contributed by atoms with van der Waals surface area (Å²) in [4.78, 5) is 51.3. The summed E-state index contributed by atoms with van der Waals surface area (Å²) in [5.74, 6) is 0.0268. The number of nitrogens with one attached hydrogen (secondary N) is 1. The summed E-state index contributed by atoms with van der Waals surface area (Å²) in [7, 11) is 0. The Labute approximate surface area is 276 Å². The number of carbonyl (C=O) groups excluding carboxylic acids is 3. The van der Waals surface area contributed by atoms with Gasteiger partial charge in [0.15, 0.2) is 5.78 Å². The molecular weight excluding hydrogens is 582 g/mol. The molecule has 8 nitrogen and oxygen atoms in total. The number of carboxylic acids is 1. The van der Waals surface area contributed by atoms with Crippen LogP contribution in [-0.4, -0.2) is 46.2 Å². The molecule has 0 bridgehead atoms. The van der Waals surface area contributed by atoms with E-state index in [0.717, 1.165) is 63.4 Å². The molecule has 0 unspecified atom stereocenters. The predicted molar refractivity (Wildman–Crippen MR) is 176 cm³/mol. The average Bonchev–Trinajstić information content (AvgIpc) is 3.19. The number of fused-ring (bicyclic) bond motifs is 7. The van der Waals surface area contributed by atoms with E-state index in [0.29, 0.717) is 18.3 Å². The van der Waals surface area contributed by atoms with E-state index in [1.54, 1.807) is 13.8 Å². The number of ether oxygens (including phenoxy) is 2. The van der Waals surface area contributed by atoms with E-state index in [2.05, 4.69) is 39.9 Å². The lowest BCUT2D eigenvalue weighted by Crippen LogP contribution is -2.65. The summed E-state index contributed by atoms with van der Waals surface area (Å²) in [6.45, 7) is 20.5. The number of amides is 1. The van der Waals surface area contributed by atoms with Crippen molar-refractivity contribution in [1.29, 1.82) is 0 Å². The predicted octanol–water partition coefficient (Wildman–Crippen LogP) is 8.02. The molecule has 5 aliphatic rings. The minimum absolute atomic E-state index is 0.0190. The first-order valence-corrected chi connectivity index (χ1v) is 17.8. The summed E-state index contributed by atoms with van der Waals surface area (Å²) in [5, 5.41) is 12.7. The quantitative estimate of drug-likeness (QED) is 0.282. The number of allylic oxidation sites excluding steroid dienone is 1. The van der Waals surface area contributed by atoms with Gasteiger partial charge in [-0.25, -0.2) is 4.79 Å². The molecule has 5 aliphatic carbocycles. The Morgan fingerprint density at radius 1 is 0.935 bits per heavy atom. The second-order valence-corrected chi connectivity index (χ2v) is 18.3. The Morgan fingerprint density at radius 3 is 2.22 bits per heavy atom. The van der Waals surface area contributed by atoms with Crippen LogP contribution in [-0.2, 0) is 23.9 Å². The molecule has 0 aromatic carbocycles. The van der Waals surface area contributed by atoms with Gasteiger partial charge in [0.2, 0.25) is 0 Å². The zero-order valence-electron chi connectivity index (χ0n) is 30.1. The van der Waals surface area contributed by atoms with Crippen LogP contribution in [0, 0.1) is 45.3 Å². The molecule has 0 aromatic rings. The Balaban J connectivity index is 1.40. The molecule has 0 heterocycles. The van der Waals surface area contributed by atoms with Crippen molar-refractivity contribution >= 4 is 23.8 Å². The van der Waals surface area contributed by atoms with Gasteiger partial charge in [0.1, 0.15) is 11.7 Å². The third-order valence-corrected chi connectivity index (χ3v) is 13.6. The zero-order chi connectivity index (χ0) is 34.3. The van der Waals surface area contributed by atoms with E-state index in [-0.39, 0.29) is 46.4 Å². The molecule has 0 saturated heterocycles. The largest absolute Gasteiger partial charge is 0.481 e. The van der Waals surface area contributed by atoms with Crippen molar-refractivity contribution in [3.63, 3.8) is 0 Å². The summed E-state index contributed by atoms with van der Waals surface area (Å²) < 4.78 is 11.7. The first-order valence-electron chi connectivity index (χ1n) is 17.8. The highest BCUT2D eigenvalue weighted by Crippen LogP contribution is 2.74. The van der Waals surface area contributed by atoms with Crippen molar-refractivity contribution in [2.45, 2.75) is 157 Å². The van der Waals surface area contributed by atoms with Crippen LogP contribution in [0.3, 0.4) is 0 Å². The number of alkyl carbamates (subject to hydrolysis) is 1. The molecule has 0 aliphatic heterocycles. The number of aliphatic carboxylic acids is 1. The standard InChI is InChI=1S/C38H59NO7/c1-22(2)29-26(40)20-38(39-32(44)46-33(3,4)5)18-17-36(9)25(30(29)38)11-12-27-35(8)15-14-24(19-23(35)13-16-37(27,36)10)45-28(41)21-34(6,7)31(42)43/h22-25,27H,11-21H2,1-10H3,(H,39,44)(H,42,43)/t23-,24-,25+,27+,35-,36+,37+,38+/m0/s1. The van der Waals surface area contributed by atoms with E-state index in [9.17, 15) is 24.3 Å². The summed E-state index contributed by atoms with van der Waals surface area (Å²) in [5.41, 5.74) is -0.150. The molecule has 0 radical (unpaired) electrons. The fourth-order valence-corrected chi connectivity index (χ4v) is 11.1. The maximum Gasteiger partial charge on any atom is 0.408 e. The van der Waals surface area contributed by atoms with E-state index in [1.807, 2.05) is 20.8 Å². The van der Waals surface area contributed by atoms with Gasteiger partial charge < -0.3 is 19.9 Å². The zero-order valence-corrected chi connectivity index (χ0v) is 30.1. The Morgan fingerprint density at radius 2 is 1.61 bits per heavy atom. The van der Waals surface area contributed by atoms with Crippen molar-refractivity contribution in [3.05, 3.63) is 11.1 Å². The van der Waals surface area contributed by atoms with Crippen LogP contribution in [0.15, 0.2) is 11.1 Å². The first-order chi connectivity index (χ1) is 21.1. The van der Waals surface area contributed by atoms with Gasteiger partial charge in [-0.05, 0) is 143 Å². The van der Waals surface area contributed by atoms with Crippen molar-refractivity contribution in [3.8, 4) is 0 Å². The van der Waals surface area contributed by atoms with Gasteiger partial charge in [-0.3, -0.25) is 14.4 Å². The summed E-state index contributed by atoms with van der Waals surface area (Å²) >= 11 is 0. The number of ketones is 1. The Hall–Kier alpha value is -2.38. The van der Waals surface area contributed by atoms with Crippen LogP contribution in [0.25, 0.3) is 0 Å². The number of hydrogen-bond acceptors (Lipinski definition) is 6. The van der Waals surface area contributed by atoms with Crippen molar-refractivity contribution < 1.29 is 33.8 Å². The van der Waals surface area contributed by atoms with Gasteiger partial charge in [0.25, 0.3) is 0 Å². The second kappa shape index (κ2) is 11.4. The normalized spacial score (nSPS) is 39.2. The third-order valence-electron chi connectivity index (χ3n) is 13.6. The number of hydrogen-bond donors (Lipinski definition) is 2. The smallest absolute Gasteiger partial charge is 0.408 e. The second-order valence-electron chi connectivity index (χ2n) is 18.3.